The number of esters is 1. The summed E-state index contributed by atoms with van der Waals surface area (Å²) in [5, 5.41) is 11.5. The Hall–Kier alpha value is -3.42. The number of hydrogen-bond donors (Lipinski definition) is 0. The van der Waals surface area contributed by atoms with Crippen LogP contribution in [0.5, 0.6) is 23.0 Å². The van der Waals surface area contributed by atoms with E-state index in [0.29, 0.717) is 34.1 Å². The lowest BCUT2D eigenvalue weighted by Gasteiger charge is -2.27. The molecule has 0 saturated carbocycles. The van der Waals surface area contributed by atoms with Crippen LogP contribution < -0.4 is 24.1 Å². The molecule has 0 amide bonds. The highest BCUT2D eigenvalue weighted by atomic mass is 16.7. The third-order valence-electron chi connectivity index (χ3n) is 4.89. The van der Waals surface area contributed by atoms with Crippen molar-refractivity contribution in [2.24, 2.45) is 5.92 Å². The van der Waals surface area contributed by atoms with E-state index in [2.05, 4.69) is 0 Å². The second-order valence-electron chi connectivity index (χ2n) is 6.64. The van der Waals surface area contributed by atoms with Crippen molar-refractivity contribution in [1.82, 2.24) is 0 Å². The molecule has 152 valence electrons. The van der Waals surface area contributed by atoms with Crippen molar-refractivity contribution in [3.8, 4) is 23.0 Å². The zero-order chi connectivity index (χ0) is 20.4. The molecule has 2 aromatic carbocycles. The molecule has 0 bridgehead atoms. The van der Waals surface area contributed by atoms with Crippen molar-refractivity contribution < 1.29 is 38.4 Å². The largest absolute Gasteiger partial charge is 0.550 e. The average molecular weight is 399 g/mol. The fraction of sp³-hybridized carbons (Fsp3) is 0.333. The Balaban J connectivity index is 1.81. The van der Waals surface area contributed by atoms with Crippen LogP contribution in [0.15, 0.2) is 36.4 Å². The summed E-state index contributed by atoms with van der Waals surface area (Å²) in [4.78, 5) is 24.2. The van der Waals surface area contributed by atoms with Gasteiger partial charge < -0.3 is 33.6 Å². The molecular weight excluding hydrogens is 380 g/mol. The van der Waals surface area contributed by atoms with Gasteiger partial charge in [-0.1, -0.05) is 12.1 Å². The smallest absolute Gasteiger partial charge is 0.310 e. The summed E-state index contributed by atoms with van der Waals surface area (Å²) in [7, 11) is 0. The summed E-state index contributed by atoms with van der Waals surface area (Å²) in [6, 6.07) is 10.5. The third kappa shape index (κ3) is 3.78. The average Bonchev–Trinajstić information content (AvgIpc) is 3.35. The highest BCUT2D eigenvalue weighted by Crippen LogP contribution is 2.43. The van der Waals surface area contributed by atoms with Gasteiger partial charge in [0.15, 0.2) is 23.0 Å². The number of carbonyl (C=O) groups excluding carboxylic acids is 2. The van der Waals surface area contributed by atoms with E-state index < -0.39 is 30.2 Å². The van der Waals surface area contributed by atoms with Gasteiger partial charge in [0, 0.05) is 18.3 Å². The number of rotatable bonds is 7. The van der Waals surface area contributed by atoms with Gasteiger partial charge in [-0.15, -0.1) is 0 Å². The SMILES string of the molecule is CCOC(=O)C(CC(=O)[O-])C(c1ccc2c(c1)OCO2)c1ccc2c(c1)OCO2. The fourth-order valence-corrected chi connectivity index (χ4v) is 3.64. The van der Waals surface area contributed by atoms with Crippen LogP contribution in [0.1, 0.15) is 30.4 Å². The molecule has 8 heteroatoms. The third-order valence-corrected chi connectivity index (χ3v) is 4.89. The Morgan fingerprint density at radius 1 is 0.931 bits per heavy atom. The number of fused-ring (bicyclic) bond motifs is 2. The summed E-state index contributed by atoms with van der Waals surface area (Å²) in [5.41, 5.74) is 1.37. The quantitative estimate of drug-likeness (QED) is 0.647. The van der Waals surface area contributed by atoms with E-state index in [-0.39, 0.29) is 20.2 Å². The van der Waals surface area contributed by atoms with Gasteiger partial charge in [0.05, 0.1) is 12.5 Å². The monoisotopic (exact) mass is 399 g/mol. The Kier molecular flexibility index (Phi) is 5.16. The van der Waals surface area contributed by atoms with E-state index in [0.717, 1.165) is 0 Å². The predicted molar refractivity (Wildman–Crippen MR) is 96.7 cm³/mol. The van der Waals surface area contributed by atoms with Crippen LogP contribution >= 0.6 is 0 Å². The van der Waals surface area contributed by atoms with Crippen molar-refractivity contribution in [2.75, 3.05) is 20.2 Å². The standard InChI is InChI=1S/C21H20O8/c1-2-25-21(24)14(9-19(22)23)20(12-3-5-15-17(7-12)28-10-26-15)13-4-6-16-18(8-13)29-11-27-16/h3-8,14,20H,2,9-11H2,1H3,(H,22,23)/p-1. The molecule has 1 atom stereocenters. The minimum atomic E-state index is -1.34. The molecule has 0 N–H and O–H groups in total. The second-order valence-corrected chi connectivity index (χ2v) is 6.64. The summed E-state index contributed by atoms with van der Waals surface area (Å²) in [6.45, 7) is 2.02. The fourth-order valence-electron chi connectivity index (χ4n) is 3.64. The second kappa shape index (κ2) is 7.90. The van der Waals surface area contributed by atoms with Gasteiger partial charge in [-0.2, -0.15) is 0 Å². The molecule has 2 aliphatic rings. The van der Waals surface area contributed by atoms with E-state index in [4.69, 9.17) is 23.7 Å². The topological polar surface area (TPSA) is 103 Å². The summed E-state index contributed by atoms with van der Waals surface area (Å²) < 4.78 is 26.8. The molecule has 0 radical (unpaired) electrons. The Labute approximate surface area is 166 Å². The Bertz CT molecular complexity index is 881. The lowest BCUT2D eigenvalue weighted by Crippen LogP contribution is -2.33. The van der Waals surface area contributed by atoms with E-state index in [1.807, 2.05) is 0 Å². The molecule has 1 unspecified atom stereocenters. The number of ether oxygens (including phenoxy) is 5. The number of hydrogen-bond acceptors (Lipinski definition) is 8. The molecule has 2 aromatic rings. The van der Waals surface area contributed by atoms with E-state index in [1.54, 1.807) is 43.3 Å². The van der Waals surface area contributed by atoms with Crippen molar-refractivity contribution in [1.29, 1.82) is 0 Å². The molecule has 0 aromatic heterocycles. The van der Waals surface area contributed by atoms with Crippen molar-refractivity contribution >= 4 is 11.9 Å². The lowest BCUT2D eigenvalue weighted by atomic mass is 9.78. The first kappa shape index (κ1) is 18.9. The first-order valence-corrected chi connectivity index (χ1v) is 9.22. The molecule has 0 saturated heterocycles. The van der Waals surface area contributed by atoms with Crippen LogP contribution in [0.25, 0.3) is 0 Å². The number of benzene rings is 2. The summed E-state index contributed by atoms with van der Waals surface area (Å²) >= 11 is 0. The molecule has 4 rings (SSSR count). The summed E-state index contributed by atoms with van der Waals surface area (Å²) in [6.07, 6.45) is -0.494. The van der Waals surface area contributed by atoms with Gasteiger partial charge in [0.25, 0.3) is 0 Å². The van der Waals surface area contributed by atoms with Crippen LogP contribution in [-0.2, 0) is 14.3 Å². The van der Waals surface area contributed by atoms with Crippen LogP contribution in [0, 0.1) is 5.92 Å². The number of carboxylic acid groups (broad SMARTS) is 1. The normalized spacial score (nSPS) is 14.7. The molecule has 2 aliphatic heterocycles. The van der Waals surface area contributed by atoms with Gasteiger partial charge in [-0.05, 0) is 42.3 Å². The van der Waals surface area contributed by atoms with Crippen molar-refractivity contribution in [2.45, 2.75) is 19.3 Å². The number of carboxylic acids is 1. The van der Waals surface area contributed by atoms with Gasteiger partial charge in [0.1, 0.15) is 0 Å². The van der Waals surface area contributed by atoms with E-state index >= 15 is 0 Å². The molecule has 0 fully saturated rings. The number of aliphatic carboxylic acids is 1. The van der Waals surface area contributed by atoms with Gasteiger partial charge in [-0.25, -0.2) is 0 Å². The van der Waals surface area contributed by atoms with Gasteiger partial charge in [0.2, 0.25) is 13.6 Å². The zero-order valence-electron chi connectivity index (χ0n) is 15.7. The highest BCUT2D eigenvalue weighted by molar-refractivity contribution is 5.80. The Morgan fingerprint density at radius 3 is 1.93 bits per heavy atom. The summed E-state index contributed by atoms with van der Waals surface area (Å²) in [5.74, 6) is -1.34. The first-order chi connectivity index (χ1) is 14.1. The zero-order valence-corrected chi connectivity index (χ0v) is 15.7. The van der Waals surface area contributed by atoms with Crippen molar-refractivity contribution in [3.63, 3.8) is 0 Å². The highest BCUT2D eigenvalue weighted by Gasteiger charge is 2.34. The van der Waals surface area contributed by atoms with Crippen LogP contribution in [0.2, 0.25) is 0 Å². The molecule has 0 aliphatic carbocycles. The van der Waals surface area contributed by atoms with Crippen LogP contribution in [0.3, 0.4) is 0 Å². The molecule has 8 nitrogen and oxygen atoms in total. The maximum absolute atomic E-state index is 12.7. The van der Waals surface area contributed by atoms with Gasteiger partial charge in [-0.3, -0.25) is 4.79 Å². The van der Waals surface area contributed by atoms with E-state index in [1.165, 1.54) is 0 Å². The maximum Gasteiger partial charge on any atom is 0.310 e. The number of carbonyl (C=O) groups is 2. The van der Waals surface area contributed by atoms with Gasteiger partial charge >= 0.3 is 5.97 Å². The van der Waals surface area contributed by atoms with Crippen molar-refractivity contribution in [3.05, 3.63) is 47.5 Å². The lowest BCUT2D eigenvalue weighted by molar-refractivity contribution is -0.306. The molecule has 29 heavy (non-hydrogen) atoms. The molecule has 2 heterocycles. The minimum absolute atomic E-state index is 0.105. The molecular formula is C21H19O8-. The van der Waals surface area contributed by atoms with Crippen LogP contribution in [0.4, 0.5) is 0 Å². The first-order valence-electron chi connectivity index (χ1n) is 9.22. The van der Waals surface area contributed by atoms with E-state index in [9.17, 15) is 14.7 Å². The minimum Gasteiger partial charge on any atom is -0.550 e. The predicted octanol–water partition coefficient (Wildman–Crippen LogP) is 1.60. The maximum atomic E-state index is 12.7. The van der Waals surface area contributed by atoms with Crippen LogP contribution in [-0.4, -0.2) is 32.1 Å². The Morgan fingerprint density at radius 2 is 1.45 bits per heavy atom. The molecule has 0 spiro atoms.